The van der Waals surface area contributed by atoms with Crippen LogP contribution in [0.2, 0.25) is 0 Å². The maximum absolute atomic E-state index is 11.7. The first kappa shape index (κ1) is 13.5. The minimum Gasteiger partial charge on any atom is -0.353 e. The van der Waals surface area contributed by atoms with E-state index >= 15 is 0 Å². The van der Waals surface area contributed by atoms with Crippen molar-refractivity contribution in [1.29, 1.82) is 0 Å². The summed E-state index contributed by atoms with van der Waals surface area (Å²) in [6.45, 7) is 8.11. The summed E-state index contributed by atoms with van der Waals surface area (Å²) in [5.41, 5.74) is 5.84. The average Bonchev–Trinajstić information content (AvgIpc) is 2.79. The van der Waals surface area contributed by atoms with Gasteiger partial charge < -0.3 is 16.0 Å². The third kappa shape index (κ3) is 4.10. The van der Waals surface area contributed by atoms with Gasteiger partial charge >= 0.3 is 0 Å². The number of hydrogen-bond donors (Lipinski definition) is 2. The summed E-state index contributed by atoms with van der Waals surface area (Å²) in [7, 11) is 0. The number of nitrogens with two attached hydrogens (primary N) is 1. The van der Waals surface area contributed by atoms with E-state index in [1.807, 2.05) is 6.92 Å². The highest BCUT2D eigenvalue weighted by molar-refractivity contribution is 5.81. The van der Waals surface area contributed by atoms with Crippen LogP contribution in [0.3, 0.4) is 0 Å². The molecule has 1 saturated heterocycles. The Morgan fingerprint density at radius 1 is 1.44 bits per heavy atom. The molecule has 0 radical (unpaired) electrons. The number of nitrogens with one attached hydrogen (secondary N) is 1. The van der Waals surface area contributed by atoms with Gasteiger partial charge in [-0.15, -0.1) is 0 Å². The second-order valence-electron chi connectivity index (χ2n) is 4.75. The fourth-order valence-corrected chi connectivity index (χ4v) is 1.97. The van der Waals surface area contributed by atoms with Crippen molar-refractivity contribution in [3.05, 3.63) is 0 Å². The van der Waals surface area contributed by atoms with Gasteiger partial charge in [-0.2, -0.15) is 0 Å². The van der Waals surface area contributed by atoms with Crippen molar-refractivity contribution in [1.82, 2.24) is 10.2 Å². The van der Waals surface area contributed by atoms with Crippen LogP contribution in [0.5, 0.6) is 0 Å². The lowest BCUT2D eigenvalue weighted by atomic mass is 9.99. The molecule has 0 aromatic carbocycles. The summed E-state index contributed by atoms with van der Waals surface area (Å²) in [6.07, 6.45) is 3.53. The molecular weight excluding hydrogens is 202 g/mol. The molecule has 0 saturated carbocycles. The molecule has 94 valence electrons. The van der Waals surface area contributed by atoms with Gasteiger partial charge in [0.25, 0.3) is 0 Å². The van der Waals surface area contributed by atoms with Crippen LogP contribution in [-0.4, -0.2) is 43.0 Å². The molecule has 1 rings (SSSR count). The predicted molar refractivity (Wildman–Crippen MR) is 66.1 cm³/mol. The highest BCUT2D eigenvalue weighted by atomic mass is 16.2. The van der Waals surface area contributed by atoms with Crippen molar-refractivity contribution < 1.29 is 4.79 Å². The predicted octanol–water partition coefficient (Wildman–Crippen LogP) is 0.572. The van der Waals surface area contributed by atoms with Crippen LogP contribution >= 0.6 is 0 Å². The van der Waals surface area contributed by atoms with Crippen LogP contribution in [0, 0.1) is 5.92 Å². The molecule has 1 amide bonds. The van der Waals surface area contributed by atoms with E-state index in [-0.39, 0.29) is 17.9 Å². The van der Waals surface area contributed by atoms with E-state index in [2.05, 4.69) is 17.1 Å². The summed E-state index contributed by atoms with van der Waals surface area (Å²) in [4.78, 5) is 14.0. The van der Waals surface area contributed by atoms with Gasteiger partial charge in [0, 0.05) is 13.1 Å². The Balaban J connectivity index is 2.13. The Labute approximate surface area is 98.6 Å². The summed E-state index contributed by atoms with van der Waals surface area (Å²) in [6, 6.07) is -0.358. The van der Waals surface area contributed by atoms with Crippen molar-refractivity contribution >= 4 is 5.91 Å². The maximum Gasteiger partial charge on any atom is 0.237 e. The molecule has 4 nitrogen and oxygen atoms in total. The second kappa shape index (κ2) is 6.86. The molecule has 16 heavy (non-hydrogen) atoms. The number of hydrogen-bond acceptors (Lipinski definition) is 3. The Kier molecular flexibility index (Phi) is 5.77. The van der Waals surface area contributed by atoms with E-state index in [9.17, 15) is 4.79 Å². The van der Waals surface area contributed by atoms with Crippen LogP contribution in [-0.2, 0) is 4.79 Å². The van der Waals surface area contributed by atoms with E-state index in [1.165, 1.54) is 25.9 Å². The number of likely N-dealkylation sites (tertiary alicyclic amines) is 1. The quantitative estimate of drug-likeness (QED) is 0.697. The fraction of sp³-hybridized carbons (Fsp3) is 0.917. The van der Waals surface area contributed by atoms with Gasteiger partial charge in [-0.1, -0.05) is 20.3 Å². The largest absolute Gasteiger partial charge is 0.353 e. The number of carbonyl (C=O) groups excluding carboxylic acids is 1. The van der Waals surface area contributed by atoms with E-state index in [0.717, 1.165) is 19.5 Å². The van der Waals surface area contributed by atoms with Gasteiger partial charge in [0.05, 0.1) is 6.04 Å². The number of carbonyl (C=O) groups is 1. The average molecular weight is 227 g/mol. The van der Waals surface area contributed by atoms with Crippen molar-refractivity contribution in [2.75, 3.05) is 26.2 Å². The van der Waals surface area contributed by atoms with Crippen LogP contribution < -0.4 is 11.1 Å². The first-order chi connectivity index (χ1) is 7.65. The van der Waals surface area contributed by atoms with Crippen LogP contribution in [0.25, 0.3) is 0 Å². The first-order valence-corrected chi connectivity index (χ1v) is 6.40. The molecule has 0 aromatic rings. The van der Waals surface area contributed by atoms with Gasteiger partial charge in [-0.25, -0.2) is 0 Å². The fourth-order valence-electron chi connectivity index (χ4n) is 1.97. The SMILES string of the molecule is CC[C@H](C)[C@H](N)C(=O)NCCN1CCCC1. The number of nitrogens with zero attached hydrogens (tertiary/aromatic N) is 1. The third-order valence-electron chi connectivity index (χ3n) is 3.49. The molecule has 0 aliphatic carbocycles. The lowest BCUT2D eigenvalue weighted by molar-refractivity contribution is -0.123. The molecule has 0 unspecified atom stereocenters. The number of amides is 1. The maximum atomic E-state index is 11.7. The van der Waals surface area contributed by atoms with Gasteiger partial charge in [-0.05, 0) is 31.8 Å². The second-order valence-corrected chi connectivity index (χ2v) is 4.75. The van der Waals surface area contributed by atoms with Gasteiger partial charge in [0.15, 0.2) is 0 Å². The summed E-state index contributed by atoms with van der Waals surface area (Å²) in [5, 5.41) is 2.92. The monoisotopic (exact) mass is 227 g/mol. The van der Waals surface area contributed by atoms with Gasteiger partial charge in [0.2, 0.25) is 5.91 Å². The Morgan fingerprint density at radius 2 is 2.06 bits per heavy atom. The normalized spacial score (nSPS) is 20.7. The third-order valence-corrected chi connectivity index (χ3v) is 3.49. The van der Waals surface area contributed by atoms with Crippen molar-refractivity contribution in [2.45, 2.75) is 39.2 Å². The molecule has 1 aliphatic heterocycles. The summed E-state index contributed by atoms with van der Waals surface area (Å²) >= 11 is 0. The standard InChI is InChI=1S/C12H25N3O/c1-3-10(2)11(13)12(16)14-6-9-15-7-4-5-8-15/h10-11H,3-9,13H2,1-2H3,(H,14,16)/t10-,11-/m0/s1. The summed E-state index contributed by atoms with van der Waals surface area (Å²) < 4.78 is 0. The lowest BCUT2D eigenvalue weighted by Crippen LogP contribution is -2.46. The molecule has 1 fully saturated rings. The first-order valence-electron chi connectivity index (χ1n) is 6.40. The van der Waals surface area contributed by atoms with Crippen LogP contribution in [0.4, 0.5) is 0 Å². The van der Waals surface area contributed by atoms with Gasteiger partial charge in [-0.3, -0.25) is 4.79 Å². The van der Waals surface area contributed by atoms with Crippen molar-refractivity contribution in [3.8, 4) is 0 Å². The molecule has 0 bridgehead atoms. The highest BCUT2D eigenvalue weighted by Gasteiger charge is 2.19. The Hall–Kier alpha value is -0.610. The molecule has 1 aliphatic rings. The zero-order valence-electron chi connectivity index (χ0n) is 10.5. The lowest BCUT2D eigenvalue weighted by Gasteiger charge is -2.19. The van der Waals surface area contributed by atoms with Crippen LogP contribution in [0.1, 0.15) is 33.1 Å². The van der Waals surface area contributed by atoms with Crippen molar-refractivity contribution in [2.24, 2.45) is 11.7 Å². The Morgan fingerprint density at radius 3 is 2.62 bits per heavy atom. The topological polar surface area (TPSA) is 58.4 Å². The van der Waals surface area contributed by atoms with E-state index in [1.54, 1.807) is 0 Å². The molecule has 0 spiro atoms. The highest BCUT2D eigenvalue weighted by Crippen LogP contribution is 2.06. The van der Waals surface area contributed by atoms with E-state index in [4.69, 9.17) is 5.73 Å². The zero-order valence-corrected chi connectivity index (χ0v) is 10.5. The molecule has 1 heterocycles. The molecule has 3 N–H and O–H groups in total. The minimum atomic E-state index is -0.358. The van der Waals surface area contributed by atoms with E-state index in [0.29, 0.717) is 0 Å². The number of rotatable bonds is 6. The molecule has 2 atom stereocenters. The summed E-state index contributed by atoms with van der Waals surface area (Å²) in [5.74, 6) is 0.250. The molecular formula is C12H25N3O. The van der Waals surface area contributed by atoms with Crippen LogP contribution in [0.15, 0.2) is 0 Å². The van der Waals surface area contributed by atoms with E-state index < -0.39 is 0 Å². The smallest absolute Gasteiger partial charge is 0.237 e. The Bertz CT molecular complexity index is 214. The van der Waals surface area contributed by atoms with Crippen molar-refractivity contribution in [3.63, 3.8) is 0 Å². The molecule has 4 heteroatoms. The van der Waals surface area contributed by atoms with Gasteiger partial charge in [0.1, 0.15) is 0 Å². The zero-order chi connectivity index (χ0) is 12.0. The minimum absolute atomic E-state index is 0.00598. The molecule has 0 aromatic heterocycles.